The van der Waals surface area contributed by atoms with Crippen molar-refractivity contribution in [2.24, 2.45) is 11.8 Å². The molecule has 4 heteroatoms. The summed E-state index contributed by atoms with van der Waals surface area (Å²) in [4.78, 5) is 0. The number of aliphatic hydroxyl groups is 3. The molecule has 4 nitrogen and oxygen atoms in total. The molecule has 0 aromatic heterocycles. The van der Waals surface area contributed by atoms with Crippen LogP contribution < -0.4 is 0 Å². The second-order valence-corrected chi connectivity index (χ2v) is 3.46. The van der Waals surface area contributed by atoms with Crippen molar-refractivity contribution in [3.05, 3.63) is 0 Å². The van der Waals surface area contributed by atoms with E-state index in [9.17, 15) is 10.2 Å². The summed E-state index contributed by atoms with van der Waals surface area (Å²) in [6.07, 6.45) is -2.02. The van der Waals surface area contributed by atoms with Gasteiger partial charge in [0.15, 0.2) is 6.29 Å². The number of aliphatic hydroxyl groups excluding tert-OH is 3. The van der Waals surface area contributed by atoms with Gasteiger partial charge in [0.2, 0.25) is 0 Å². The van der Waals surface area contributed by atoms with Crippen LogP contribution in [0.3, 0.4) is 0 Å². The van der Waals surface area contributed by atoms with E-state index in [0.29, 0.717) is 0 Å². The molecule has 0 spiro atoms. The Morgan fingerprint density at radius 2 is 1.75 bits per heavy atom. The van der Waals surface area contributed by atoms with E-state index in [1.807, 2.05) is 0 Å². The Morgan fingerprint density at radius 1 is 1.17 bits per heavy atom. The second-order valence-electron chi connectivity index (χ2n) is 3.46. The van der Waals surface area contributed by atoms with Gasteiger partial charge in [0.25, 0.3) is 0 Å². The number of rotatable bonds is 1. The highest BCUT2D eigenvalue weighted by molar-refractivity contribution is 4.83. The molecule has 0 aromatic carbocycles. The minimum Gasteiger partial charge on any atom is -0.394 e. The molecule has 1 saturated heterocycles. The number of hydrogen-bond acceptors (Lipinski definition) is 4. The summed E-state index contributed by atoms with van der Waals surface area (Å²) in [7, 11) is 0. The summed E-state index contributed by atoms with van der Waals surface area (Å²) in [6, 6.07) is 0. The van der Waals surface area contributed by atoms with Crippen LogP contribution in [0.1, 0.15) is 13.8 Å². The van der Waals surface area contributed by atoms with E-state index in [-0.39, 0.29) is 18.4 Å². The van der Waals surface area contributed by atoms with Crippen molar-refractivity contribution < 1.29 is 20.1 Å². The fourth-order valence-corrected chi connectivity index (χ4v) is 1.50. The third-order valence-corrected chi connectivity index (χ3v) is 2.61. The van der Waals surface area contributed by atoms with E-state index in [0.717, 1.165) is 0 Å². The minimum atomic E-state index is -0.964. The average Bonchev–Trinajstić information content (AvgIpc) is 2.08. The quantitative estimate of drug-likeness (QED) is 0.495. The van der Waals surface area contributed by atoms with Gasteiger partial charge in [-0.15, -0.1) is 0 Å². The van der Waals surface area contributed by atoms with Gasteiger partial charge in [0.1, 0.15) is 0 Å². The van der Waals surface area contributed by atoms with Gasteiger partial charge in [-0.1, -0.05) is 13.8 Å². The fourth-order valence-electron chi connectivity index (χ4n) is 1.50. The topological polar surface area (TPSA) is 69.9 Å². The molecule has 0 aliphatic carbocycles. The van der Waals surface area contributed by atoms with Gasteiger partial charge in [-0.05, 0) is 0 Å². The minimum absolute atomic E-state index is 0.131. The van der Waals surface area contributed by atoms with Gasteiger partial charge in [-0.25, -0.2) is 0 Å². The highest BCUT2D eigenvalue weighted by Crippen LogP contribution is 2.28. The molecule has 0 bridgehead atoms. The van der Waals surface area contributed by atoms with E-state index >= 15 is 0 Å². The molecule has 1 heterocycles. The lowest BCUT2D eigenvalue weighted by atomic mass is 9.86. The average molecular weight is 176 g/mol. The fraction of sp³-hybridized carbons (Fsp3) is 1.00. The molecule has 0 radical (unpaired) electrons. The van der Waals surface area contributed by atoms with Crippen molar-refractivity contribution in [3.63, 3.8) is 0 Å². The smallest absolute Gasteiger partial charge is 0.160 e. The number of hydrogen-bond donors (Lipinski definition) is 3. The molecular weight excluding hydrogens is 160 g/mol. The van der Waals surface area contributed by atoms with Crippen molar-refractivity contribution in [2.75, 3.05) is 6.61 Å². The van der Waals surface area contributed by atoms with Crippen LogP contribution in [0.4, 0.5) is 0 Å². The van der Waals surface area contributed by atoms with Crippen molar-refractivity contribution in [1.29, 1.82) is 0 Å². The molecule has 0 amide bonds. The third-order valence-electron chi connectivity index (χ3n) is 2.61. The SMILES string of the molecule is C[C@@H]1[C@@H](O)[C@H](C)[C@H](O)O[C@H]1CO. The molecule has 0 unspecified atom stereocenters. The first-order valence-electron chi connectivity index (χ1n) is 4.20. The third kappa shape index (κ3) is 1.61. The summed E-state index contributed by atoms with van der Waals surface area (Å²) in [6.45, 7) is 3.36. The Labute approximate surface area is 71.8 Å². The van der Waals surface area contributed by atoms with Gasteiger partial charge < -0.3 is 20.1 Å². The molecular formula is C8H16O4. The first-order valence-corrected chi connectivity index (χ1v) is 4.20. The molecule has 5 atom stereocenters. The zero-order chi connectivity index (χ0) is 9.30. The van der Waals surface area contributed by atoms with Crippen LogP contribution in [0.5, 0.6) is 0 Å². The van der Waals surface area contributed by atoms with Crippen molar-refractivity contribution >= 4 is 0 Å². The maximum atomic E-state index is 9.57. The Balaban J connectivity index is 2.63. The van der Waals surface area contributed by atoms with Crippen molar-refractivity contribution in [1.82, 2.24) is 0 Å². The Hall–Kier alpha value is -0.160. The lowest BCUT2D eigenvalue weighted by Gasteiger charge is -2.39. The van der Waals surface area contributed by atoms with E-state index in [2.05, 4.69) is 0 Å². The lowest BCUT2D eigenvalue weighted by Crippen LogP contribution is -2.50. The van der Waals surface area contributed by atoms with E-state index < -0.39 is 18.5 Å². The number of ether oxygens (including phenoxy) is 1. The standard InChI is InChI=1S/C8H16O4/c1-4-6(3-9)12-8(11)5(2)7(4)10/h4-11H,3H2,1-2H3/t4-,5-,6-,7+,8+/m0/s1. The normalized spacial score (nSPS) is 49.2. The molecule has 1 rings (SSSR count). The summed E-state index contributed by atoms with van der Waals surface area (Å²) in [5, 5.41) is 27.7. The molecule has 1 aliphatic heterocycles. The largest absolute Gasteiger partial charge is 0.394 e. The molecule has 0 saturated carbocycles. The van der Waals surface area contributed by atoms with Crippen LogP contribution in [0.2, 0.25) is 0 Å². The van der Waals surface area contributed by atoms with Crippen LogP contribution in [0.25, 0.3) is 0 Å². The second kappa shape index (κ2) is 3.70. The molecule has 3 N–H and O–H groups in total. The summed E-state index contributed by atoms with van der Waals surface area (Å²) < 4.78 is 5.08. The summed E-state index contributed by atoms with van der Waals surface area (Å²) in [5.41, 5.74) is 0. The van der Waals surface area contributed by atoms with Crippen LogP contribution in [-0.2, 0) is 4.74 Å². The molecule has 0 aromatic rings. The molecule has 1 fully saturated rings. The van der Waals surface area contributed by atoms with Crippen molar-refractivity contribution in [2.45, 2.75) is 32.3 Å². The summed E-state index contributed by atoms with van der Waals surface area (Å²) in [5.74, 6) is -0.420. The highest BCUT2D eigenvalue weighted by atomic mass is 16.6. The van der Waals surface area contributed by atoms with Crippen LogP contribution >= 0.6 is 0 Å². The monoisotopic (exact) mass is 176 g/mol. The highest BCUT2D eigenvalue weighted by Gasteiger charge is 2.39. The zero-order valence-electron chi connectivity index (χ0n) is 7.34. The Bertz CT molecular complexity index is 145. The van der Waals surface area contributed by atoms with Crippen LogP contribution in [-0.4, -0.2) is 40.4 Å². The molecule has 72 valence electrons. The van der Waals surface area contributed by atoms with Crippen LogP contribution in [0, 0.1) is 11.8 Å². The lowest BCUT2D eigenvalue weighted by molar-refractivity contribution is -0.248. The summed E-state index contributed by atoms with van der Waals surface area (Å²) >= 11 is 0. The van der Waals surface area contributed by atoms with Gasteiger partial charge in [0, 0.05) is 11.8 Å². The van der Waals surface area contributed by atoms with E-state index in [4.69, 9.17) is 9.84 Å². The van der Waals surface area contributed by atoms with E-state index in [1.54, 1.807) is 13.8 Å². The first-order chi connectivity index (χ1) is 5.57. The Kier molecular flexibility index (Phi) is 3.06. The van der Waals surface area contributed by atoms with Crippen molar-refractivity contribution in [3.8, 4) is 0 Å². The first kappa shape index (κ1) is 9.92. The molecule has 1 aliphatic rings. The van der Waals surface area contributed by atoms with Gasteiger partial charge >= 0.3 is 0 Å². The maximum absolute atomic E-state index is 9.57. The van der Waals surface area contributed by atoms with Gasteiger partial charge in [-0.2, -0.15) is 0 Å². The Morgan fingerprint density at radius 3 is 2.25 bits per heavy atom. The van der Waals surface area contributed by atoms with Gasteiger partial charge in [0.05, 0.1) is 18.8 Å². The predicted octanol–water partition coefficient (Wildman–Crippen LogP) is -0.671. The zero-order valence-corrected chi connectivity index (χ0v) is 7.34. The van der Waals surface area contributed by atoms with E-state index in [1.165, 1.54) is 0 Å². The van der Waals surface area contributed by atoms with Crippen LogP contribution in [0.15, 0.2) is 0 Å². The van der Waals surface area contributed by atoms with Gasteiger partial charge in [-0.3, -0.25) is 0 Å². The molecule has 12 heavy (non-hydrogen) atoms. The predicted molar refractivity (Wildman–Crippen MR) is 42.3 cm³/mol. The maximum Gasteiger partial charge on any atom is 0.160 e.